The molecule has 1 aliphatic heterocycles. The fourth-order valence-corrected chi connectivity index (χ4v) is 2.77. The number of amides is 2. The average Bonchev–Trinajstić information content (AvgIpc) is 2.62. The summed E-state index contributed by atoms with van der Waals surface area (Å²) in [4.78, 5) is 35.1. The first-order valence-electron chi connectivity index (χ1n) is 8.13. The number of piperazine rings is 1. The molecule has 1 atom stereocenters. The van der Waals surface area contributed by atoms with Crippen molar-refractivity contribution >= 4 is 11.8 Å². The molecule has 2 amide bonds. The van der Waals surface area contributed by atoms with Crippen molar-refractivity contribution < 1.29 is 14.0 Å². The Morgan fingerprint density at radius 1 is 1.24 bits per heavy atom. The molecule has 2 aromatic rings. The molecule has 0 radical (unpaired) electrons. The van der Waals surface area contributed by atoms with E-state index in [9.17, 15) is 14.0 Å². The van der Waals surface area contributed by atoms with Crippen LogP contribution in [0.1, 0.15) is 47.6 Å². The molecule has 130 valence electrons. The highest BCUT2D eigenvalue weighted by Crippen LogP contribution is 2.25. The van der Waals surface area contributed by atoms with E-state index in [2.05, 4.69) is 15.3 Å². The van der Waals surface area contributed by atoms with Crippen LogP contribution < -0.4 is 5.32 Å². The number of benzene rings is 1. The third-order valence-electron chi connectivity index (χ3n) is 4.09. The first-order chi connectivity index (χ1) is 12.0. The maximum atomic E-state index is 13.2. The summed E-state index contributed by atoms with van der Waals surface area (Å²) in [6, 6.07) is 4.79. The second kappa shape index (κ2) is 6.96. The molecule has 0 unspecified atom stereocenters. The zero-order chi connectivity index (χ0) is 18.0. The van der Waals surface area contributed by atoms with Crippen molar-refractivity contribution in [1.82, 2.24) is 20.2 Å². The monoisotopic (exact) mass is 342 g/mol. The molecule has 0 spiro atoms. The van der Waals surface area contributed by atoms with Crippen LogP contribution in [-0.2, 0) is 4.79 Å². The highest BCUT2D eigenvalue weighted by atomic mass is 19.1. The Kier molecular flexibility index (Phi) is 4.74. The third-order valence-corrected chi connectivity index (χ3v) is 4.09. The number of nitrogens with zero attached hydrogens (tertiary/aromatic N) is 3. The van der Waals surface area contributed by atoms with Crippen LogP contribution in [0.25, 0.3) is 0 Å². The van der Waals surface area contributed by atoms with Crippen molar-refractivity contribution in [3.05, 3.63) is 59.4 Å². The van der Waals surface area contributed by atoms with Crippen LogP contribution in [-0.4, -0.2) is 39.8 Å². The van der Waals surface area contributed by atoms with E-state index < -0.39 is 11.9 Å². The number of hydrogen-bond acceptors (Lipinski definition) is 4. The average molecular weight is 342 g/mol. The minimum Gasteiger partial charge on any atom is -0.352 e. The summed E-state index contributed by atoms with van der Waals surface area (Å²) in [5.74, 6) is -0.180. The van der Waals surface area contributed by atoms with Gasteiger partial charge in [-0.1, -0.05) is 26.0 Å². The highest BCUT2D eigenvalue weighted by Gasteiger charge is 2.35. The summed E-state index contributed by atoms with van der Waals surface area (Å²) < 4.78 is 13.2. The van der Waals surface area contributed by atoms with Gasteiger partial charge in [-0.05, 0) is 17.7 Å². The van der Waals surface area contributed by atoms with Crippen LogP contribution in [0.2, 0.25) is 0 Å². The number of aromatic nitrogens is 2. The zero-order valence-electron chi connectivity index (χ0n) is 14.1. The Labute approximate surface area is 145 Å². The van der Waals surface area contributed by atoms with Crippen molar-refractivity contribution in [3.8, 4) is 0 Å². The fraction of sp³-hybridized carbons (Fsp3) is 0.333. The topological polar surface area (TPSA) is 75.2 Å². The first-order valence-corrected chi connectivity index (χ1v) is 8.13. The molecule has 1 N–H and O–H groups in total. The lowest BCUT2D eigenvalue weighted by atomic mass is 10.0. The van der Waals surface area contributed by atoms with Gasteiger partial charge in [0.25, 0.3) is 5.91 Å². The number of carbonyl (C=O) groups is 2. The quantitative estimate of drug-likeness (QED) is 0.926. The maximum Gasteiger partial charge on any atom is 0.258 e. The molecule has 1 saturated heterocycles. The Morgan fingerprint density at radius 2 is 1.88 bits per heavy atom. The predicted octanol–water partition coefficient (Wildman–Crippen LogP) is 2.05. The number of rotatable bonds is 3. The molecule has 7 heteroatoms. The molecule has 2 heterocycles. The van der Waals surface area contributed by atoms with Gasteiger partial charge >= 0.3 is 0 Å². The molecule has 0 aliphatic carbocycles. The van der Waals surface area contributed by atoms with E-state index in [1.165, 1.54) is 41.6 Å². The molecule has 1 aromatic heterocycles. The van der Waals surface area contributed by atoms with Crippen molar-refractivity contribution in [1.29, 1.82) is 0 Å². The van der Waals surface area contributed by atoms with E-state index in [4.69, 9.17) is 0 Å². The molecule has 0 saturated carbocycles. The molecule has 25 heavy (non-hydrogen) atoms. The third kappa shape index (κ3) is 3.50. The number of nitrogens with one attached hydrogen (secondary N) is 1. The molecule has 1 fully saturated rings. The summed E-state index contributed by atoms with van der Waals surface area (Å²) in [6.07, 6.45) is 2.97. The number of carbonyl (C=O) groups excluding carboxylic acids is 2. The van der Waals surface area contributed by atoms with Gasteiger partial charge < -0.3 is 10.2 Å². The van der Waals surface area contributed by atoms with Gasteiger partial charge in [-0.15, -0.1) is 0 Å². The Morgan fingerprint density at radius 3 is 2.48 bits per heavy atom. The van der Waals surface area contributed by atoms with E-state index in [0.717, 1.165) is 0 Å². The van der Waals surface area contributed by atoms with Gasteiger partial charge in [0.2, 0.25) is 5.91 Å². The molecule has 0 bridgehead atoms. The number of halogens is 1. The smallest absolute Gasteiger partial charge is 0.258 e. The van der Waals surface area contributed by atoms with E-state index in [-0.39, 0.29) is 17.7 Å². The first kappa shape index (κ1) is 17.0. The van der Waals surface area contributed by atoms with E-state index in [1.54, 1.807) is 0 Å². The van der Waals surface area contributed by atoms with Gasteiger partial charge in [0.1, 0.15) is 17.7 Å². The van der Waals surface area contributed by atoms with Crippen LogP contribution in [0.15, 0.2) is 36.7 Å². The molecule has 1 aliphatic rings. The summed E-state index contributed by atoms with van der Waals surface area (Å²) in [7, 11) is 0. The van der Waals surface area contributed by atoms with Gasteiger partial charge in [0.15, 0.2) is 0 Å². The van der Waals surface area contributed by atoms with Gasteiger partial charge in [-0.3, -0.25) is 9.59 Å². The van der Waals surface area contributed by atoms with Crippen LogP contribution >= 0.6 is 0 Å². The second-order valence-electron chi connectivity index (χ2n) is 6.23. The van der Waals surface area contributed by atoms with Gasteiger partial charge in [0.05, 0.1) is 5.56 Å². The zero-order valence-corrected chi connectivity index (χ0v) is 14.1. The van der Waals surface area contributed by atoms with Gasteiger partial charge in [-0.2, -0.15) is 0 Å². The predicted molar refractivity (Wildman–Crippen MR) is 89.3 cm³/mol. The van der Waals surface area contributed by atoms with Gasteiger partial charge in [0, 0.05) is 31.4 Å². The normalized spacial score (nSPS) is 17.5. The van der Waals surface area contributed by atoms with E-state index in [0.29, 0.717) is 30.0 Å². The van der Waals surface area contributed by atoms with Crippen molar-refractivity contribution in [2.24, 2.45) is 0 Å². The minimum absolute atomic E-state index is 0.164. The highest BCUT2D eigenvalue weighted by molar-refractivity contribution is 5.98. The SMILES string of the molecule is CC(C)c1ncc(C(=O)N2CCNC(=O)[C@H]2c2ccc(F)cc2)cn1. The van der Waals surface area contributed by atoms with Crippen LogP contribution in [0.5, 0.6) is 0 Å². The lowest BCUT2D eigenvalue weighted by Crippen LogP contribution is -2.52. The molecular formula is C18H19FN4O2. The second-order valence-corrected chi connectivity index (χ2v) is 6.23. The Bertz CT molecular complexity index is 775. The van der Waals surface area contributed by atoms with Crippen LogP contribution in [0.4, 0.5) is 4.39 Å². The van der Waals surface area contributed by atoms with Gasteiger partial charge in [-0.25, -0.2) is 14.4 Å². The van der Waals surface area contributed by atoms with Crippen molar-refractivity contribution in [2.75, 3.05) is 13.1 Å². The lowest BCUT2D eigenvalue weighted by molar-refractivity contribution is -0.128. The van der Waals surface area contributed by atoms with E-state index in [1.807, 2.05) is 13.8 Å². The summed E-state index contributed by atoms with van der Waals surface area (Å²) >= 11 is 0. The van der Waals surface area contributed by atoms with Crippen LogP contribution in [0, 0.1) is 5.82 Å². The minimum atomic E-state index is -0.799. The molecular weight excluding hydrogens is 323 g/mol. The summed E-state index contributed by atoms with van der Waals surface area (Å²) in [5.41, 5.74) is 0.887. The van der Waals surface area contributed by atoms with Crippen LogP contribution in [0.3, 0.4) is 0 Å². The summed E-state index contributed by atoms with van der Waals surface area (Å²) in [6.45, 7) is 4.67. The standard InChI is InChI=1S/C18H19FN4O2/c1-11(2)16-21-9-13(10-22-16)18(25)23-8-7-20-17(24)15(23)12-3-5-14(19)6-4-12/h3-6,9-11,15H,7-8H2,1-2H3,(H,20,24)/t15-/m1/s1. The maximum absolute atomic E-state index is 13.2. The largest absolute Gasteiger partial charge is 0.352 e. The molecule has 6 nitrogen and oxygen atoms in total. The van der Waals surface area contributed by atoms with Crippen molar-refractivity contribution in [3.63, 3.8) is 0 Å². The fourth-order valence-electron chi connectivity index (χ4n) is 2.77. The van der Waals surface area contributed by atoms with Crippen molar-refractivity contribution in [2.45, 2.75) is 25.8 Å². The Hall–Kier alpha value is -2.83. The lowest BCUT2D eigenvalue weighted by Gasteiger charge is -2.35. The van der Waals surface area contributed by atoms with E-state index >= 15 is 0 Å². The molecule has 1 aromatic carbocycles. The Balaban J connectivity index is 1.90. The summed E-state index contributed by atoms with van der Waals surface area (Å²) in [5, 5.41) is 2.75. The number of hydrogen-bond donors (Lipinski definition) is 1. The molecule has 3 rings (SSSR count).